The summed E-state index contributed by atoms with van der Waals surface area (Å²) in [7, 11) is 1.65. The van der Waals surface area contributed by atoms with Crippen LogP contribution >= 0.6 is 15.9 Å². The number of rotatable bonds is 9. The number of benzene rings is 2. The quantitative estimate of drug-likeness (QED) is 0.343. The molecule has 1 atom stereocenters. The molecule has 2 aromatic carbocycles. The molecular weight excluding hydrogens is 456 g/mol. The van der Waals surface area contributed by atoms with E-state index in [2.05, 4.69) is 50.5 Å². The van der Waals surface area contributed by atoms with Gasteiger partial charge in [0.25, 0.3) is 0 Å². The van der Waals surface area contributed by atoms with Gasteiger partial charge in [-0.15, -0.1) is 5.10 Å². The van der Waals surface area contributed by atoms with E-state index in [4.69, 9.17) is 14.8 Å². The highest BCUT2D eigenvalue weighted by atomic mass is 79.9. The highest BCUT2D eigenvalue weighted by molar-refractivity contribution is 9.10. The summed E-state index contributed by atoms with van der Waals surface area (Å²) in [6, 6.07) is 18.1. The van der Waals surface area contributed by atoms with Gasteiger partial charge in [0.05, 0.1) is 18.3 Å². The van der Waals surface area contributed by atoms with E-state index in [-0.39, 0.29) is 12.6 Å². The summed E-state index contributed by atoms with van der Waals surface area (Å²) in [5.41, 5.74) is 3.82. The van der Waals surface area contributed by atoms with Crippen molar-refractivity contribution in [2.75, 3.05) is 13.7 Å². The number of hydrogen-bond acceptors (Lipinski definition) is 5. The van der Waals surface area contributed by atoms with Crippen molar-refractivity contribution >= 4 is 26.8 Å². The first-order chi connectivity index (χ1) is 15.2. The van der Waals surface area contributed by atoms with Crippen LogP contribution in [0.15, 0.2) is 65.3 Å². The largest absolute Gasteiger partial charge is 0.481 e. The predicted octanol–water partition coefficient (Wildman–Crippen LogP) is 4.94. The molecule has 0 radical (unpaired) electrons. The van der Waals surface area contributed by atoms with Crippen LogP contribution in [0.1, 0.15) is 42.1 Å². The summed E-state index contributed by atoms with van der Waals surface area (Å²) in [4.78, 5) is 4.76. The van der Waals surface area contributed by atoms with E-state index < -0.39 is 0 Å². The highest BCUT2D eigenvalue weighted by Crippen LogP contribution is 2.34. The van der Waals surface area contributed by atoms with Crippen LogP contribution in [-0.4, -0.2) is 38.8 Å². The van der Waals surface area contributed by atoms with Crippen LogP contribution < -0.4 is 4.74 Å². The third-order valence-corrected chi connectivity index (χ3v) is 5.78. The lowest BCUT2D eigenvalue weighted by Gasteiger charge is -2.20. The third kappa shape index (κ3) is 4.94. The zero-order valence-corrected chi connectivity index (χ0v) is 19.0. The van der Waals surface area contributed by atoms with E-state index in [1.165, 1.54) is 0 Å². The zero-order valence-electron chi connectivity index (χ0n) is 17.4. The zero-order chi connectivity index (χ0) is 21.6. The number of fused-ring (bicyclic) bond motifs is 1. The molecule has 1 N–H and O–H groups in total. The Morgan fingerprint density at radius 3 is 2.68 bits per heavy atom. The number of nitrogens with zero attached hydrogens (tertiary/aromatic N) is 4. The van der Waals surface area contributed by atoms with Crippen molar-refractivity contribution in [3.05, 3.63) is 82.1 Å². The van der Waals surface area contributed by atoms with Crippen molar-refractivity contribution in [2.45, 2.75) is 31.7 Å². The van der Waals surface area contributed by atoms with E-state index in [9.17, 15) is 0 Å². The Hall–Kier alpha value is -2.77. The van der Waals surface area contributed by atoms with E-state index in [0.717, 1.165) is 57.9 Å². The molecular formula is C24H25BrN4O2. The second kappa shape index (κ2) is 10.0. The van der Waals surface area contributed by atoms with Gasteiger partial charge in [-0.05, 0) is 49.1 Å². The number of methoxy groups -OCH3 is 1. The Morgan fingerprint density at radius 2 is 1.90 bits per heavy atom. The molecule has 0 amide bonds. The third-order valence-electron chi connectivity index (χ3n) is 5.29. The Morgan fingerprint density at radius 1 is 1.06 bits per heavy atom. The standard InChI is InChI=1S/C24H25BrN4O2/c1-31-24-21(15-18-14-19(25)11-12-22(18)26-24)23(17-8-4-2-5-9-17)29-16-20(27-28-29)10-6-3-7-13-30/h2,4-5,8-9,11-12,14-16,23,30H,3,6-7,10,13H2,1H3. The topological polar surface area (TPSA) is 73.1 Å². The van der Waals surface area contributed by atoms with Gasteiger partial charge in [-0.2, -0.15) is 0 Å². The second-order valence-corrected chi connectivity index (χ2v) is 8.38. The van der Waals surface area contributed by atoms with Gasteiger partial charge < -0.3 is 9.84 Å². The molecule has 0 aliphatic rings. The molecule has 0 aliphatic heterocycles. The first-order valence-corrected chi connectivity index (χ1v) is 11.2. The molecule has 6 nitrogen and oxygen atoms in total. The van der Waals surface area contributed by atoms with Crippen molar-refractivity contribution in [2.24, 2.45) is 0 Å². The van der Waals surface area contributed by atoms with Crippen LogP contribution in [0.25, 0.3) is 10.9 Å². The summed E-state index contributed by atoms with van der Waals surface area (Å²) in [6.45, 7) is 0.230. The van der Waals surface area contributed by atoms with E-state index in [1.807, 2.05) is 41.2 Å². The molecule has 2 heterocycles. The lowest BCUT2D eigenvalue weighted by Crippen LogP contribution is -2.15. The monoisotopic (exact) mass is 480 g/mol. The minimum Gasteiger partial charge on any atom is -0.481 e. The first kappa shape index (κ1) is 21.5. The number of aliphatic hydroxyl groups is 1. The van der Waals surface area contributed by atoms with Crippen LogP contribution in [0, 0.1) is 0 Å². The predicted molar refractivity (Wildman–Crippen MR) is 124 cm³/mol. The lowest BCUT2D eigenvalue weighted by molar-refractivity contribution is 0.283. The van der Waals surface area contributed by atoms with Gasteiger partial charge in [-0.3, -0.25) is 0 Å². The number of aromatic nitrogens is 4. The fraction of sp³-hybridized carbons (Fsp3) is 0.292. The number of unbranched alkanes of at least 4 members (excludes halogenated alkanes) is 2. The van der Waals surface area contributed by atoms with E-state index >= 15 is 0 Å². The van der Waals surface area contributed by atoms with Crippen molar-refractivity contribution < 1.29 is 9.84 Å². The van der Waals surface area contributed by atoms with Gasteiger partial charge in [0.2, 0.25) is 5.88 Å². The van der Waals surface area contributed by atoms with Crippen LogP contribution in [-0.2, 0) is 6.42 Å². The number of aryl methyl sites for hydroxylation is 1. The minimum absolute atomic E-state index is 0.217. The molecule has 4 aromatic rings. The SMILES string of the molecule is COc1nc2ccc(Br)cc2cc1C(c1ccccc1)n1cc(CCCCCO)nn1. The normalized spacial score (nSPS) is 12.2. The fourth-order valence-corrected chi connectivity index (χ4v) is 4.14. The van der Waals surface area contributed by atoms with Crippen LogP contribution in [0.2, 0.25) is 0 Å². The van der Waals surface area contributed by atoms with Gasteiger partial charge in [-0.25, -0.2) is 9.67 Å². The molecule has 1 unspecified atom stereocenters. The number of aliphatic hydroxyl groups excluding tert-OH is 1. The van der Waals surface area contributed by atoms with Crippen LogP contribution in [0.4, 0.5) is 0 Å². The smallest absolute Gasteiger partial charge is 0.219 e. The number of halogens is 1. The van der Waals surface area contributed by atoms with Gasteiger partial charge in [-0.1, -0.05) is 57.9 Å². The molecule has 0 fully saturated rings. The average Bonchev–Trinajstić information content (AvgIpc) is 3.25. The van der Waals surface area contributed by atoms with E-state index in [0.29, 0.717) is 5.88 Å². The molecule has 31 heavy (non-hydrogen) atoms. The van der Waals surface area contributed by atoms with Gasteiger partial charge in [0.1, 0.15) is 6.04 Å². The highest BCUT2D eigenvalue weighted by Gasteiger charge is 2.23. The Labute approximate surface area is 190 Å². The van der Waals surface area contributed by atoms with Crippen molar-refractivity contribution in [1.29, 1.82) is 0 Å². The Balaban J connectivity index is 1.77. The first-order valence-electron chi connectivity index (χ1n) is 10.4. The Kier molecular flexibility index (Phi) is 6.94. The summed E-state index contributed by atoms with van der Waals surface area (Å²) in [5.74, 6) is 0.573. The molecule has 160 valence electrons. The average molecular weight is 481 g/mol. The van der Waals surface area contributed by atoms with Crippen molar-refractivity contribution in [3.63, 3.8) is 0 Å². The van der Waals surface area contributed by atoms with Gasteiger partial charge >= 0.3 is 0 Å². The Bertz CT molecular complexity index is 1150. The van der Waals surface area contributed by atoms with Gasteiger partial charge in [0.15, 0.2) is 0 Å². The van der Waals surface area contributed by atoms with E-state index in [1.54, 1.807) is 7.11 Å². The van der Waals surface area contributed by atoms with Gasteiger partial charge in [0, 0.05) is 28.2 Å². The molecule has 0 spiro atoms. The minimum atomic E-state index is -0.217. The van der Waals surface area contributed by atoms with Crippen LogP contribution in [0.3, 0.4) is 0 Å². The fourth-order valence-electron chi connectivity index (χ4n) is 3.76. The molecule has 7 heteroatoms. The molecule has 2 aromatic heterocycles. The lowest BCUT2D eigenvalue weighted by atomic mass is 9.98. The number of pyridine rings is 1. The van der Waals surface area contributed by atoms with Crippen LogP contribution in [0.5, 0.6) is 5.88 Å². The molecule has 0 saturated heterocycles. The number of ether oxygens (including phenoxy) is 1. The molecule has 0 aliphatic carbocycles. The maximum absolute atomic E-state index is 8.98. The summed E-state index contributed by atoms with van der Waals surface area (Å²) >= 11 is 3.56. The summed E-state index contributed by atoms with van der Waals surface area (Å²) < 4.78 is 8.59. The van der Waals surface area contributed by atoms with Crippen molar-refractivity contribution in [3.8, 4) is 5.88 Å². The maximum Gasteiger partial charge on any atom is 0.219 e. The number of hydrogen-bond donors (Lipinski definition) is 1. The second-order valence-electron chi connectivity index (χ2n) is 7.46. The maximum atomic E-state index is 8.98. The molecule has 0 bridgehead atoms. The summed E-state index contributed by atoms with van der Waals surface area (Å²) in [5, 5.41) is 18.9. The summed E-state index contributed by atoms with van der Waals surface area (Å²) in [6.07, 6.45) is 5.60. The molecule has 4 rings (SSSR count). The van der Waals surface area contributed by atoms with Crippen molar-refractivity contribution in [1.82, 2.24) is 20.0 Å². The molecule has 0 saturated carbocycles.